The Labute approximate surface area is 91.7 Å². The van der Waals surface area contributed by atoms with Crippen LogP contribution >= 0.6 is 0 Å². The molecule has 1 N–H and O–H groups in total. The molecule has 1 heterocycles. The molecule has 1 aromatic rings. The molecule has 2 unspecified atom stereocenters. The number of hydrogen-bond acceptors (Lipinski definition) is 3. The number of methoxy groups -OCH3 is 1. The van der Waals surface area contributed by atoms with Crippen LogP contribution < -0.4 is 5.32 Å². The normalized spacial score (nSPS) is 15.2. The summed E-state index contributed by atoms with van der Waals surface area (Å²) < 4.78 is 7.49. The zero-order chi connectivity index (χ0) is 11.3. The summed E-state index contributed by atoms with van der Waals surface area (Å²) in [6, 6.07) is 0.308. The van der Waals surface area contributed by atoms with Crippen molar-refractivity contribution in [2.24, 2.45) is 0 Å². The summed E-state index contributed by atoms with van der Waals surface area (Å²) in [4.78, 5) is 4.36. The van der Waals surface area contributed by atoms with E-state index < -0.39 is 0 Å². The second-order valence-corrected chi connectivity index (χ2v) is 3.67. The first-order valence-electron chi connectivity index (χ1n) is 5.43. The molecule has 0 fully saturated rings. The van der Waals surface area contributed by atoms with Crippen LogP contribution in [0.3, 0.4) is 0 Å². The summed E-state index contributed by atoms with van der Waals surface area (Å²) in [6.07, 6.45) is 4.95. The third-order valence-corrected chi connectivity index (χ3v) is 2.85. The highest BCUT2D eigenvalue weighted by Gasteiger charge is 2.17. The molecule has 4 nitrogen and oxygen atoms in total. The Balaban J connectivity index is 2.66. The highest BCUT2D eigenvalue weighted by atomic mass is 16.5. The van der Waals surface area contributed by atoms with E-state index in [-0.39, 0.29) is 6.10 Å². The molecule has 0 aliphatic carbocycles. The number of nitrogens with zero attached hydrogens (tertiary/aromatic N) is 2. The zero-order valence-electron chi connectivity index (χ0n) is 10.0. The molecular weight excluding hydrogens is 190 g/mol. The smallest absolute Gasteiger partial charge is 0.110 e. The van der Waals surface area contributed by atoms with Gasteiger partial charge in [-0.2, -0.15) is 0 Å². The summed E-state index contributed by atoms with van der Waals surface area (Å²) in [5, 5.41) is 3.26. The van der Waals surface area contributed by atoms with Gasteiger partial charge >= 0.3 is 0 Å². The number of likely N-dealkylation sites (N-methyl/N-ethyl adjacent to an activating group) is 1. The van der Waals surface area contributed by atoms with Crippen molar-refractivity contribution < 1.29 is 4.74 Å². The first-order chi connectivity index (χ1) is 7.22. The van der Waals surface area contributed by atoms with Crippen LogP contribution in [0.25, 0.3) is 0 Å². The van der Waals surface area contributed by atoms with Crippen LogP contribution in [0, 0.1) is 0 Å². The first kappa shape index (κ1) is 12.2. The van der Waals surface area contributed by atoms with E-state index in [2.05, 4.69) is 28.7 Å². The Kier molecular flexibility index (Phi) is 4.78. The van der Waals surface area contributed by atoms with Crippen molar-refractivity contribution in [2.45, 2.75) is 39.0 Å². The fourth-order valence-electron chi connectivity index (χ4n) is 1.68. The maximum atomic E-state index is 5.33. The molecule has 0 aromatic carbocycles. The van der Waals surface area contributed by atoms with Crippen molar-refractivity contribution in [3.63, 3.8) is 0 Å². The fraction of sp³-hybridized carbons (Fsp3) is 0.727. The first-order valence-corrected chi connectivity index (χ1v) is 5.43. The SMILES string of the molecule is CCn1ccnc1CC(NC)C(C)OC. The van der Waals surface area contributed by atoms with Crippen LogP contribution in [0.15, 0.2) is 12.4 Å². The summed E-state index contributed by atoms with van der Waals surface area (Å²) in [5.74, 6) is 1.11. The average Bonchev–Trinajstić information content (AvgIpc) is 2.71. The van der Waals surface area contributed by atoms with Gasteiger partial charge in [-0.15, -0.1) is 0 Å². The molecule has 4 heteroatoms. The fourth-order valence-corrected chi connectivity index (χ4v) is 1.68. The summed E-state index contributed by atoms with van der Waals surface area (Å²) >= 11 is 0. The van der Waals surface area contributed by atoms with Gasteiger partial charge in [0, 0.05) is 38.5 Å². The van der Waals surface area contributed by atoms with Crippen LogP contribution in [0.5, 0.6) is 0 Å². The van der Waals surface area contributed by atoms with Gasteiger partial charge in [0.1, 0.15) is 5.82 Å². The van der Waals surface area contributed by atoms with E-state index in [1.807, 2.05) is 19.4 Å². The van der Waals surface area contributed by atoms with Crippen LogP contribution in [0.2, 0.25) is 0 Å². The molecular formula is C11H21N3O. The molecule has 2 atom stereocenters. The third-order valence-electron chi connectivity index (χ3n) is 2.85. The Hall–Kier alpha value is -0.870. The van der Waals surface area contributed by atoms with Crippen molar-refractivity contribution in [1.82, 2.24) is 14.9 Å². The predicted molar refractivity (Wildman–Crippen MR) is 60.9 cm³/mol. The maximum absolute atomic E-state index is 5.33. The predicted octanol–water partition coefficient (Wildman–Crippen LogP) is 1.07. The van der Waals surface area contributed by atoms with Crippen molar-refractivity contribution in [1.29, 1.82) is 0 Å². The Morgan fingerprint density at radius 2 is 2.33 bits per heavy atom. The highest BCUT2D eigenvalue weighted by Crippen LogP contribution is 2.06. The van der Waals surface area contributed by atoms with Gasteiger partial charge in [0.05, 0.1) is 6.10 Å². The Bertz CT molecular complexity index is 285. The standard InChI is InChI=1S/C11H21N3O/c1-5-14-7-6-13-11(14)8-10(12-3)9(2)15-4/h6-7,9-10,12H,5,8H2,1-4H3. The van der Waals surface area contributed by atoms with E-state index in [0.717, 1.165) is 18.8 Å². The minimum atomic E-state index is 0.192. The molecule has 0 aliphatic heterocycles. The van der Waals surface area contributed by atoms with Gasteiger partial charge in [0.15, 0.2) is 0 Å². The number of nitrogens with one attached hydrogen (secondary N) is 1. The molecule has 0 spiro atoms. The number of hydrogen-bond donors (Lipinski definition) is 1. The lowest BCUT2D eigenvalue weighted by Crippen LogP contribution is -2.39. The summed E-state index contributed by atoms with van der Waals surface area (Å²) in [6.45, 7) is 5.16. The molecule has 0 amide bonds. The largest absolute Gasteiger partial charge is 0.380 e. The third kappa shape index (κ3) is 3.04. The van der Waals surface area contributed by atoms with Gasteiger partial charge in [-0.1, -0.05) is 0 Å². The molecule has 1 aromatic heterocycles. The van der Waals surface area contributed by atoms with Gasteiger partial charge in [0.25, 0.3) is 0 Å². The topological polar surface area (TPSA) is 39.1 Å². The lowest BCUT2D eigenvalue weighted by Gasteiger charge is -2.22. The van der Waals surface area contributed by atoms with Crippen LogP contribution in [0.1, 0.15) is 19.7 Å². The minimum Gasteiger partial charge on any atom is -0.380 e. The number of imidazole rings is 1. The highest BCUT2D eigenvalue weighted by molar-refractivity contribution is 4.96. The molecule has 0 bridgehead atoms. The van der Waals surface area contributed by atoms with Crippen LogP contribution in [-0.2, 0) is 17.7 Å². The van der Waals surface area contributed by atoms with Crippen molar-refractivity contribution in [3.8, 4) is 0 Å². The molecule has 0 saturated carbocycles. The van der Waals surface area contributed by atoms with Gasteiger partial charge in [-0.25, -0.2) is 4.98 Å². The van der Waals surface area contributed by atoms with Crippen molar-refractivity contribution >= 4 is 0 Å². The second-order valence-electron chi connectivity index (χ2n) is 3.67. The Morgan fingerprint density at radius 1 is 1.60 bits per heavy atom. The minimum absolute atomic E-state index is 0.192. The molecule has 0 radical (unpaired) electrons. The van der Waals surface area contributed by atoms with E-state index in [4.69, 9.17) is 4.74 Å². The number of aromatic nitrogens is 2. The molecule has 0 aliphatic rings. The van der Waals surface area contributed by atoms with Crippen LogP contribution in [-0.4, -0.2) is 35.9 Å². The maximum Gasteiger partial charge on any atom is 0.110 e. The van der Waals surface area contributed by atoms with E-state index in [0.29, 0.717) is 6.04 Å². The summed E-state index contributed by atoms with van der Waals surface area (Å²) in [5.41, 5.74) is 0. The number of ether oxygens (including phenoxy) is 1. The van der Waals surface area contributed by atoms with Gasteiger partial charge in [0.2, 0.25) is 0 Å². The van der Waals surface area contributed by atoms with E-state index >= 15 is 0 Å². The molecule has 1 rings (SSSR count). The lowest BCUT2D eigenvalue weighted by atomic mass is 10.1. The second kappa shape index (κ2) is 5.88. The molecule has 86 valence electrons. The van der Waals surface area contributed by atoms with Crippen LogP contribution in [0.4, 0.5) is 0 Å². The van der Waals surface area contributed by atoms with E-state index in [1.165, 1.54) is 0 Å². The zero-order valence-corrected chi connectivity index (χ0v) is 10.0. The Morgan fingerprint density at radius 3 is 2.87 bits per heavy atom. The van der Waals surface area contributed by atoms with E-state index in [9.17, 15) is 0 Å². The van der Waals surface area contributed by atoms with Gasteiger partial charge in [-0.05, 0) is 20.9 Å². The summed E-state index contributed by atoms with van der Waals surface area (Å²) in [7, 11) is 3.70. The van der Waals surface area contributed by atoms with E-state index in [1.54, 1.807) is 7.11 Å². The monoisotopic (exact) mass is 211 g/mol. The molecule has 15 heavy (non-hydrogen) atoms. The lowest BCUT2D eigenvalue weighted by molar-refractivity contribution is 0.0848. The van der Waals surface area contributed by atoms with Crippen molar-refractivity contribution in [3.05, 3.63) is 18.2 Å². The number of aryl methyl sites for hydroxylation is 1. The van der Waals surface area contributed by atoms with Crippen molar-refractivity contribution in [2.75, 3.05) is 14.2 Å². The van der Waals surface area contributed by atoms with Gasteiger partial charge in [-0.3, -0.25) is 0 Å². The van der Waals surface area contributed by atoms with Gasteiger partial charge < -0.3 is 14.6 Å². The molecule has 0 saturated heterocycles. The quantitative estimate of drug-likeness (QED) is 0.765. The average molecular weight is 211 g/mol. The number of rotatable bonds is 6.